The molecular weight excluding hydrogens is 198 g/mol. The van der Waals surface area contributed by atoms with Crippen LogP contribution < -0.4 is 0 Å². The molecule has 0 N–H and O–H groups in total. The molecule has 0 unspecified atom stereocenters. The van der Waals surface area contributed by atoms with Crippen LogP contribution in [0.25, 0.3) is 0 Å². The van der Waals surface area contributed by atoms with Crippen LogP contribution in [0.3, 0.4) is 0 Å². The van der Waals surface area contributed by atoms with Crippen molar-refractivity contribution in [2.75, 3.05) is 7.11 Å². The summed E-state index contributed by atoms with van der Waals surface area (Å²) < 4.78 is 1.65. The average Bonchev–Trinajstić information content (AvgIpc) is 2.42. The van der Waals surface area contributed by atoms with Crippen LogP contribution in [0.15, 0.2) is 0 Å². The number of hydrogen-bond donors (Lipinski definition) is 0. The molecule has 0 bridgehead atoms. The molecule has 84 valence electrons. The molecule has 0 fully saturated rings. The van der Waals surface area contributed by atoms with E-state index in [0.717, 1.165) is 12.0 Å². The molecule has 6 nitrogen and oxygen atoms in total. The van der Waals surface area contributed by atoms with Crippen molar-refractivity contribution in [1.82, 2.24) is 9.78 Å². The maximum absolute atomic E-state index is 11.1. The van der Waals surface area contributed by atoms with E-state index in [0.29, 0.717) is 16.3 Å². The molecule has 0 aliphatic heterocycles. The Balaban J connectivity index is 0.000000583. The predicted octanol–water partition coefficient (Wildman–Crippen LogP) is 1.21. The van der Waals surface area contributed by atoms with Gasteiger partial charge >= 0.3 is 5.69 Å². The zero-order valence-electron chi connectivity index (χ0n) is 9.64. The van der Waals surface area contributed by atoms with Gasteiger partial charge in [-0.15, -0.1) is 0 Å². The second-order valence-electron chi connectivity index (χ2n) is 2.82. The van der Waals surface area contributed by atoms with Crippen molar-refractivity contribution in [3.05, 3.63) is 16.3 Å². The molecule has 15 heavy (non-hydrogen) atoms. The van der Waals surface area contributed by atoms with Gasteiger partial charge in [-0.25, -0.2) is 4.84 Å². The minimum Gasteiger partial charge on any atom is -0.304 e. The van der Waals surface area contributed by atoms with Crippen molar-refractivity contribution in [1.29, 1.82) is 0 Å². The van der Waals surface area contributed by atoms with Crippen molar-refractivity contribution >= 4 is 12.0 Å². The number of carbonyl (C=O) groups excluding carboxylic acids is 1. The second-order valence-corrected chi connectivity index (χ2v) is 2.82. The summed E-state index contributed by atoms with van der Waals surface area (Å²) in [7, 11) is 3.12. The fourth-order valence-corrected chi connectivity index (χ4v) is 1.12. The molecule has 0 aliphatic carbocycles. The summed E-state index contributed by atoms with van der Waals surface area (Å²) in [5, 5.41) is 4.07. The number of rotatable bonds is 2. The van der Waals surface area contributed by atoms with E-state index in [1.165, 1.54) is 14.0 Å². The molecule has 0 spiro atoms. The van der Waals surface area contributed by atoms with Crippen molar-refractivity contribution in [2.45, 2.75) is 20.8 Å². The highest BCUT2D eigenvalue weighted by atomic mass is 16.8. The van der Waals surface area contributed by atoms with Gasteiger partial charge in [0, 0.05) is 7.05 Å². The van der Waals surface area contributed by atoms with E-state index in [-0.39, 0.29) is 0 Å². The molecule has 0 amide bonds. The standard InChI is InChI=1S/C7H12N3O2.C2H4O/c1-5-7(10(11)12-4)6(2)9(3)8-5;1-2-3/h1-4H3;2H,1H3/q+1;. The van der Waals surface area contributed by atoms with Crippen LogP contribution in [0.1, 0.15) is 18.3 Å². The van der Waals surface area contributed by atoms with Crippen molar-refractivity contribution < 1.29 is 14.6 Å². The summed E-state index contributed by atoms with van der Waals surface area (Å²) in [6.45, 7) is 5.03. The van der Waals surface area contributed by atoms with Crippen molar-refractivity contribution in [3.8, 4) is 0 Å². The zero-order chi connectivity index (χ0) is 12.0. The van der Waals surface area contributed by atoms with Crippen LogP contribution in [0.2, 0.25) is 0 Å². The highest BCUT2D eigenvalue weighted by molar-refractivity contribution is 5.44. The summed E-state index contributed by atoms with van der Waals surface area (Å²) in [4.78, 5) is 24.9. The number of aldehydes is 1. The first kappa shape index (κ1) is 13.3. The minimum atomic E-state index is 0.470. The third-order valence-electron chi connectivity index (χ3n) is 1.82. The molecule has 0 saturated heterocycles. The highest BCUT2D eigenvalue weighted by Gasteiger charge is 2.26. The Bertz CT molecular complexity index is 358. The Morgan fingerprint density at radius 1 is 1.47 bits per heavy atom. The maximum Gasteiger partial charge on any atom is 0.359 e. The molecule has 0 atom stereocenters. The van der Waals surface area contributed by atoms with Crippen LogP contribution in [0, 0.1) is 18.8 Å². The quantitative estimate of drug-likeness (QED) is 0.548. The summed E-state index contributed by atoms with van der Waals surface area (Å²) in [5.74, 6) is 0. The summed E-state index contributed by atoms with van der Waals surface area (Å²) in [5.41, 5.74) is 1.95. The van der Waals surface area contributed by atoms with E-state index in [1.54, 1.807) is 18.7 Å². The van der Waals surface area contributed by atoms with E-state index in [9.17, 15) is 4.91 Å². The van der Waals surface area contributed by atoms with Crippen molar-refractivity contribution in [3.63, 3.8) is 0 Å². The van der Waals surface area contributed by atoms with Gasteiger partial charge in [0.05, 0.1) is 4.91 Å². The number of carbonyl (C=O) groups is 1. The molecule has 0 aliphatic rings. The predicted molar refractivity (Wildman–Crippen MR) is 54.7 cm³/mol. The lowest BCUT2D eigenvalue weighted by Gasteiger charge is -1.89. The molecule has 1 aromatic rings. The molecule has 6 heteroatoms. The summed E-state index contributed by atoms with van der Waals surface area (Å²) >= 11 is 0. The summed E-state index contributed by atoms with van der Waals surface area (Å²) in [6.07, 6.45) is 0.750. The SMILES string of the molecule is CC=O.CO[N+](=O)c1c(C)nn(C)c1C. The zero-order valence-corrected chi connectivity index (χ0v) is 9.64. The Morgan fingerprint density at radius 3 is 2.20 bits per heavy atom. The van der Waals surface area contributed by atoms with Gasteiger partial charge in [-0.05, 0) is 20.8 Å². The van der Waals surface area contributed by atoms with Crippen LogP contribution in [0.4, 0.5) is 5.69 Å². The monoisotopic (exact) mass is 214 g/mol. The lowest BCUT2D eigenvalue weighted by atomic mass is 10.3. The van der Waals surface area contributed by atoms with E-state index >= 15 is 0 Å². The van der Waals surface area contributed by atoms with Gasteiger partial charge in [0.25, 0.3) is 4.92 Å². The number of hydrogen-bond acceptors (Lipinski definition) is 4. The van der Waals surface area contributed by atoms with Crippen LogP contribution >= 0.6 is 0 Å². The Labute approximate surface area is 88.4 Å². The Morgan fingerprint density at radius 2 is 1.93 bits per heavy atom. The molecule has 1 aromatic heterocycles. The van der Waals surface area contributed by atoms with E-state index in [2.05, 4.69) is 9.94 Å². The lowest BCUT2D eigenvalue weighted by Crippen LogP contribution is -2.00. The number of nitrogens with zero attached hydrogens (tertiary/aromatic N) is 3. The van der Waals surface area contributed by atoms with Gasteiger partial charge in [0.15, 0.2) is 7.11 Å². The van der Waals surface area contributed by atoms with E-state index in [1.807, 2.05) is 6.92 Å². The van der Waals surface area contributed by atoms with Crippen molar-refractivity contribution in [2.24, 2.45) is 7.05 Å². The second kappa shape index (κ2) is 5.90. The van der Waals surface area contributed by atoms with Crippen LogP contribution in [-0.2, 0) is 16.7 Å². The third kappa shape index (κ3) is 3.16. The third-order valence-corrected chi connectivity index (χ3v) is 1.82. The van der Waals surface area contributed by atoms with Crippen LogP contribution in [0.5, 0.6) is 0 Å². The first-order valence-corrected chi connectivity index (χ1v) is 4.40. The normalized spacial score (nSPS) is 8.87. The smallest absolute Gasteiger partial charge is 0.304 e. The first-order chi connectivity index (χ1) is 6.99. The van der Waals surface area contributed by atoms with E-state index < -0.39 is 0 Å². The fourth-order valence-electron chi connectivity index (χ4n) is 1.12. The Hall–Kier alpha value is -1.72. The van der Waals surface area contributed by atoms with Gasteiger partial charge < -0.3 is 4.79 Å². The van der Waals surface area contributed by atoms with Gasteiger partial charge in [-0.1, -0.05) is 0 Å². The van der Waals surface area contributed by atoms with E-state index in [4.69, 9.17) is 4.79 Å². The number of aromatic nitrogens is 2. The minimum absolute atomic E-state index is 0.470. The molecule has 0 saturated carbocycles. The maximum atomic E-state index is 11.1. The highest BCUT2D eigenvalue weighted by Crippen LogP contribution is 2.20. The van der Waals surface area contributed by atoms with Gasteiger partial charge in [0.1, 0.15) is 17.7 Å². The van der Waals surface area contributed by atoms with Gasteiger partial charge in [-0.2, -0.15) is 5.10 Å². The lowest BCUT2D eigenvalue weighted by molar-refractivity contribution is -0.737. The Kier molecular flexibility index (Phi) is 5.22. The van der Waals surface area contributed by atoms with Crippen LogP contribution in [-0.4, -0.2) is 28.1 Å². The van der Waals surface area contributed by atoms with Gasteiger partial charge in [0.2, 0.25) is 0 Å². The molecular formula is C9H16N3O3+. The number of aryl methyl sites for hydroxylation is 2. The summed E-state index contributed by atoms with van der Waals surface area (Å²) in [6, 6.07) is 0. The van der Waals surface area contributed by atoms with Gasteiger partial charge in [-0.3, -0.25) is 4.68 Å². The molecule has 1 rings (SSSR count). The molecule has 1 heterocycles. The molecule has 0 radical (unpaired) electrons. The average molecular weight is 214 g/mol. The fraction of sp³-hybridized carbons (Fsp3) is 0.556. The molecule has 0 aromatic carbocycles. The first-order valence-electron chi connectivity index (χ1n) is 4.40. The largest absolute Gasteiger partial charge is 0.359 e. The topological polar surface area (TPSA) is 64.2 Å².